The predicted molar refractivity (Wildman–Crippen MR) is 105 cm³/mol. The van der Waals surface area contributed by atoms with Gasteiger partial charge < -0.3 is 24.3 Å². The Labute approximate surface area is 163 Å². The zero-order chi connectivity index (χ0) is 19.1. The standard InChI is InChI=1S/C20H23NO5S/c1-23-16-5-3-14(9-18(16)24-2)7-8-21-20(22)12-27-11-15-4-6-17-19(10-15)26-13-25-17/h3-6,9-10H,7-8,11-13H2,1-2H3,(H,21,22). The summed E-state index contributed by atoms with van der Waals surface area (Å²) in [6, 6.07) is 11.6. The van der Waals surface area contributed by atoms with Crippen LogP contribution in [0.4, 0.5) is 0 Å². The summed E-state index contributed by atoms with van der Waals surface area (Å²) in [5.41, 5.74) is 2.20. The van der Waals surface area contributed by atoms with E-state index in [-0.39, 0.29) is 12.7 Å². The van der Waals surface area contributed by atoms with E-state index in [0.717, 1.165) is 34.8 Å². The Morgan fingerprint density at radius 3 is 2.63 bits per heavy atom. The fraction of sp³-hybridized carbons (Fsp3) is 0.350. The Hall–Kier alpha value is -2.54. The fourth-order valence-corrected chi connectivity index (χ4v) is 3.53. The van der Waals surface area contributed by atoms with Crippen molar-refractivity contribution in [3.63, 3.8) is 0 Å². The van der Waals surface area contributed by atoms with Crippen LogP contribution >= 0.6 is 11.8 Å². The maximum Gasteiger partial charge on any atom is 0.231 e. The minimum absolute atomic E-state index is 0.0289. The average molecular weight is 389 g/mol. The maximum atomic E-state index is 12.0. The molecule has 1 heterocycles. The maximum absolute atomic E-state index is 12.0. The van der Waals surface area contributed by atoms with Gasteiger partial charge in [0.1, 0.15) is 0 Å². The van der Waals surface area contributed by atoms with Gasteiger partial charge in [-0.05, 0) is 41.8 Å². The summed E-state index contributed by atoms with van der Waals surface area (Å²) in [5.74, 6) is 4.14. The van der Waals surface area contributed by atoms with Crippen LogP contribution in [0.3, 0.4) is 0 Å². The molecular weight excluding hydrogens is 366 g/mol. The molecule has 1 amide bonds. The third-order valence-corrected chi connectivity index (χ3v) is 5.13. The summed E-state index contributed by atoms with van der Waals surface area (Å²) in [4.78, 5) is 12.0. The van der Waals surface area contributed by atoms with Crippen molar-refractivity contribution in [2.45, 2.75) is 12.2 Å². The molecule has 0 fully saturated rings. The van der Waals surface area contributed by atoms with Crippen LogP contribution in [0, 0.1) is 0 Å². The quantitative estimate of drug-likeness (QED) is 0.711. The molecule has 0 bridgehead atoms. The van der Waals surface area contributed by atoms with E-state index in [0.29, 0.717) is 23.8 Å². The van der Waals surface area contributed by atoms with Crippen LogP contribution < -0.4 is 24.3 Å². The van der Waals surface area contributed by atoms with Crippen molar-refractivity contribution in [2.75, 3.05) is 33.3 Å². The van der Waals surface area contributed by atoms with E-state index in [9.17, 15) is 4.79 Å². The highest BCUT2D eigenvalue weighted by molar-refractivity contribution is 7.99. The van der Waals surface area contributed by atoms with E-state index >= 15 is 0 Å². The van der Waals surface area contributed by atoms with Gasteiger partial charge in [-0.2, -0.15) is 0 Å². The molecule has 27 heavy (non-hydrogen) atoms. The summed E-state index contributed by atoms with van der Waals surface area (Å²) in [6.45, 7) is 0.854. The summed E-state index contributed by atoms with van der Waals surface area (Å²) in [7, 11) is 3.22. The van der Waals surface area contributed by atoms with Gasteiger partial charge in [0.25, 0.3) is 0 Å². The first-order valence-corrected chi connectivity index (χ1v) is 9.79. The number of hydrogen-bond acceptors (Lipinski definition) is 6. The lowest BCUT2D eigenvalue weighted by atomic mass is 10.1. The van der Waals surface area contributed by atoms with Crippen molar-refractivity contribution in [1.29, 1.82) is 0 Å². The number of nitrogens with one attached hydrogen (secondary N) is 1. The zero-order valence-corrected chi connectivity index (χ0v) is 16.3. The summed E-state index contributed by atoms with van der Waals surface area (Å²) < 4.78 is 21.2. The highest BCUT2D eigenvalue weighted by Crippen LogP contribution is 2.33. The smallest absolute Gasteiger partial charge is 0.231 e. The molecule has 1 aliphatic heterocycles. The van der Waals surface area contributed by atoms with E-state index in [1.807, 2.05) is 36.4 Å². The number of fused-ring (bicyclic) bond motifs is 1. The molecule has 144 valence electrons. The molecule has 0 atom stereocenters. The third-order valence-electron chi connectivity index (χ3n) is 4.12. The van der Waals surface area contributed by atoms with Crippen LogP contribution in [0.2, 0.25) is 0 Å². The monoisotopic (exact) mass is 389 g/mol. The number of benzene rings is 2. The molecule has 1 N–H and O–H groups in total. The Balaban J connectivity index is 1.37. The molecule has 0 unspecified atom stereocenters. The van der Waals surface area contributed by atoms with Crippen molar-refractivity contribution < 1.29 is 23.7 Å². The molecular formula is C20H23NO5S. The van der Waals surface area contributed by atoms with Gasteiger partial charge >= 0.3 is 0 Å². The minimum atomic E-state index is 0.0289. The number of thioether (sulfide) groups is 1. The summed E-state index contributed by atoms with van der Waals surface area (Å²) in [5, 5.41) is 2.95. The molecule has 6 nitrogen and oxygen atoms in total. The van der Waals surface area contributed by atoms with E-state index in [2.05, 4.69) is 5.32 Å². The Morgan fingerprint density at radius 2 is 1.81 bits per heavy atom. The highest BCUT2D eigenvalue weighted by Gasteiger charge is 2.13. The lowest BCUT2D eigenvalue weighted by Crippen LogP contribution is -2.27. The SMILES string of the molecule is COc1ccc(CCNC(=O)CSCc2ccc3c(c2)OCO3)cc1OC. The highest BCUT2D eigenvalue weighted by atomic mass is 32.2. The first-order valence-electron chi connectivity index (χ1n) is 8.63. The molecule has 0 aromatic heterocycles. The molecule has 0 aliphatic carbocycles. The van der Waals surface area contributed by atoms with Crippen LogP contribution in [-0.4, -0.2) is 39.2 Å². The molecule has 2 aromatic rings. The van der Waals surface area contributed by atoms with Crippen LogP contribution in [0.25, 0.3) is 0 Å². The van der Waals surface area contributed by atoms with Crippen LogP contribution in [0.5, 0.6) is 23.0 Å². The molecule has 3 rings (SSSR count). The minimum Gasteiger partial charge on any atom is -0.493 e. The number of amides is 1. The lowest BCUT2D eigenvalue weighted by Gasteiger charge is -2.10. The molecule has 0 saturated heterocycles. The normalized spacial score (nSPS) is 11.9. The van der Waals surface area contributed by atoms with Crippen molar-refractivity contribution in [3.05, 3.63) is 47.5 Å². The van der Waals surface area contributed by atoms with Gasteiger partial charge in [0.05, 0.1) is 20.0 Å². The Morgan fingerprint density at radius 1 is 1.04 bits per heavy atom. The van der Waals surface area contributed by atoms with Gasteiger partial charge in [-0.1, -0.05) is 12.1 Å². The summed E-state index contributed by atoms with van der Waals surface area (Å²) in [6.07, 6.45) is 0.735. The van der Waals surface area contributed by atoms with Gasteiger partial charge in [0, 0.05) is 12.3 Å². The van der Waals surface area contributed by atoms with Crippen molar-refractivity contribution in [3.8, 4) is 23.0 Å². The average Bonchev–Trinajstić information content (AvgIpc) is 3.15. The second-order valence-electron chi connectivity index (χ2n) is 5.97. The van der Waals surface area contributed by atoms with E-state index in [4.69, 9.17) is 18.9 Å². The van der Waals surface area contributed by atoms with Crippen molar-refractivity contribution >= 4 is 17.7 Å². The topological polar surface area (TPSA) is 66.0 Å². The summed E-state index contributed by atoms with van der Waals surface area (Å²) >= 11 is 1.57. The van der Waals surface area contributed by atoms with Gasteiger partial charge in [-0.3, -0.25) is 4.79 Å². The van der Waals surface area contributed by atoms with Crippen LogP contribution in [0.15, 0.2) is 36.4 Å². The number of rotatable bonds is 9. The van der Waals surface area contributed by atoms with E-state index in [1.165, 1.54) is 0 Å². The predicted octanol–water partition coefficient (Wildman–Crippen LogP) is 3.02. The number of carbonyl (C=O) groups excluding carboxylic acids is 1. The van der Waals surface area contributed by atoms with Crippen LogP contribution in [0.1, 0.15) is 11.1 Å². The number of hydrogen-bond donors (Lipinski definition) is 1. The molecule has 0 radical (unpaired) electrons. The Kier molecular flexibility index (Phi) is 6.70. The van der Waals surface area contributed by atoms with Crippen LogP contribution in [-0.2, 0) is 17.0 Å². The fourth-order valence-electron chi connectivity index (χ4n) is 2.73. The van der Waals surface area contributed by atoms with Gasteiger partial charge in [0.2, 0.25) is 12.7 Å². The molecule has 7 heteroatoms. The Bertz CT molecular complexity index is 796. The molecule has 0 spiro atoms. The van der Waals surface area contributed by atoms with Gasteiger partial charge in [0.15, 0.2) is 23.0 Å². The van der Waals surface area contributed by atoms with Gasteiger partial charge in [-0.25, -0.2) is 0 Å². The van der Waals surface area contributed by atoms with Gasteiger partial charge in [-0.15, -0.1) is 11.8 Å². The number of ether oxygens (including phenoxy) is 4. The van der Waals surface area contributed by atoms with E-state index in [1.54, 1.807) is 26.0 Å². The second kappa shape index (κ2) is 9.41. The third kappa shape index (κ3) is 5.23. The lowest BCUT2D eigenvalue weighted by molar-refractivity contribution is -0.118. The number of carbonyl (C=O) groups is 1. The van der Waals surface area contributed by atoms with E-state index < -0.39 is 0 Å². The largest absolute Gasteiger partial charge is 0.493 e. The molecule has 0 saturated carbocycles. The van der Waals surface area contributed by atoms with Crippen molar-refractivity contribution in [2.24, 2.45) is 0 Å². The molecule has 1 aliphatic rings. The first-order chi connectivity index (χ1) is 13.2. The second-order valence-corrected chi connectivity index (χ2v) is 6.96. The number of methoxy groups -OCH3 is 2. The molecule has 2 aromatic carbocycles. The first kappa shape index (κ1) is 19.2. The zero-order valence-electron chi connectivity index (χ0n) is 15.4. The van der Waals surface area contributed by atoms with Crippen molar-refractivity contribution in [1.82, 2.24) is 5.32 Å².